The molecule has 0 bridgehead atoms. The number of benzene rings is 1. The third kappa shape index (κ3) is 5.93. The Kier molecular flexibility index (Phi) is 6.63. The normalized spacial score (nSPS) is 15.7. The van der Waals surface area contributed by atoms with Crippen LogP contribution in [-0.4, -0.2) is 49.2 Å². The minimum Gasteiger partial charge on any atom is -0.491 e. The SMILES string of the molecule is O=C(NOCCOc1ccccc1)C1CCN(C(=O)C(F)(F)F)CC1. The van der Waals surface area contributed by atoms with Crippen LogP contribution in [0.3, 0.4) is 0 Å². The van der Waals surface area contributed by atoms with Gasteiger partial charge in [0, 0.05) is 19.0 Å². The maximum absolute atomic E-state index is 12.3. The van der Waals surface area contributed by atoms with Gasteiger partial charge < -0.3 is 9.64 Å². The van der Waals surface area contributed by atoms with E-state index in [1.807, 2.05) is 18.2 Å². The van der Waals surface area contributed by atoms with Gasteiger partial charge in [-0.2, -0.15) is 13.2 Å². The summed E-state index contributed by atoms with van der Waals surface area (Å²) in [7, 11) is 0. The largest absolute Gasteiger partial charge is 0.491 e. The zero-order chi connectivity index (χ0) is 18.3. The van der Waals surface area contributed by atoms with Crippen LogP contribution in [-0.2, 0) is 14.4 Å². The first-order valence-electron chi connectivity index (χ1n) is 7.83. The predicted octanol–water partition coefficient (Wildman–Crippen LogP) is 1.91. The fourth-order valence-corrected chi connectivity index (χ4v) is 2.45. The van der Waals surface area contributed by atoms with Gasteiger partial charge in [-0.3, -0.25) is 14.4 Å². The molecule has 1 aliphatic heterocycles. The number of carbonyl (C=O) groups excluding carboxylic acids is 2. The van der Waals surface area contributed by atoms with Gasteiger partial charge in [-0.15, -0.1) is 0 Å². The van der Waals surface area contributed by atoms with Crippen molar-refractivity contribution in [3.63, 3.8) is 0 Å². The van der Waals surface area contributed by atoms with E-state index in [4.69, 9.17) is 9.57 Å². The number of rotatable bonds is 6. The smallest absolute Gasteiger partial charge is 0.471 e. The summed E-state index contributed by atoms with van der Waals surface area (Å²) in [5, 5.41) is 0. The summed E-state index contributed by atoms with van der Waals surface area (Å²) in [5.41, 5.74) is 2.27. The molecule has 1 aliphatic rings. The van der Waals surface area contributed by atoms with Gasteiger partial charge in [-0.05, 0) is 25.0 Å². The Morgan fingerprint density at radius 3 is 2.36 bits per heavy atom. The molecule has 1 heterocycles. The lowest BCUT2D eigenvalue weighted by Gasteiger charge is -2.31. The summed E-state index contributed by atoms with van der Waals surface area (Å²) in [6.07, 6.45) is -4.55. The standard InChI is InChI=1S/C16H19F3N2O4/c17-16(18,19)15(23)21-8-6-12(7-9-21)14(22)20-25-11-10-24-13-4-2-1-3-5-13/h1-5,12H,6-11H2,(H,20,22). The molecule has 0 saturated carbocycles. The van der Waals surface area contributed by atoms with Crippen LogP contribution in [0, 0.1) is 5.92 Å². The number of nitrogens with zero attached hydrogens (tertiary/aromatic N) is 1. The van der Waals surface area contributed by atoms with Crippen LogP contribution in [0.15, 0.2) is 30.3 Å². The van der Waals surface area contributed by atoms with Crippen LogP contribution in [0.1, 0.15) is 12.8 Å². The number of carbonyl (C=O) groups is 2. The van der Waals surface area contributed by atoms with E-state index in [0.717, 1.165) is 4.90 Å². The molecule has 0 atom stereocenters. The summed E-state index contributed by atoms with van der Waals surface area (Å²) < 4.78 is 42.4. The molecule has 9 heteroatoms. The zero-order valence-corrected chi connectivity index (χ0v) is 13.4. The highest BCUT2D eigenvalue weighted by Crippen LogP contribution is 2.23. The van der Waals surface area contributed by atoms with E-state index < -0.39 is 23.9 Å². The van der Waals surface area contributed by atoms with Crippen LogP contribution < -0.4 is 10.2 Å². The van der Waals surface area contributed by atoms with Crippen LogP contribution >= 0.6 is 0 Å². The molecule has 0 aromatic heterocycles. The van der Waals surface area contributed by atoms with Crippen LogP contribution in [0.2, 0.25) is 0 Å². The van der Waals surface area contributed by atoms with Gasteiger partial charge in [0.2, 0.25) is 5.91 Å². The Bertz CT molecular complexity index is 572. The quantitative estimate of drug-likeness (QED) is 0.622. The van der Waals surface area contributed by atoms with Crippen molar-refractivity contribution in [3.8, 4) is 5.75 Å². The van der Waals surface area contributed by atoms with Gasteiger partial charge in [0.15, 0.2) is 0 Å². The Hall–Kier alpha value is -2.29. The molecule has 0 spiro atoms. The number of ether oxygens (including phenoxy) is 1. The van der Waals surface area contributed by atoms with Crippen LogP contribution in [0.4, 0.5) is 13.2 Å². The molecule has 0 aliphatic carbocycles. The van der Waals surface area contributed by atoms with E-state index in [9.17, 15) is 22.8 Å². The number of para-hydroxylation sites is 1. The zero-order valence-electron chi connectivity index (χ0n) is 13.4. The number of nitrogens with one attached hydrogen (secondary N) is 1. The second kappa shape index (κ2) is 8.70. The number of amides is 2. The Morgan fingerprint density at radius 2 is 1.76 bits per heavy atom. The molecular weight excluding hydrogens is 341 g/mol. The summed E-state index contributed by atoms with van der Waals surface area (Å²) >= 11 is 0. The monoisotopic (exact) mass is 360 g/mol. The van der Waals surface area contributed by atoms with Crippen molar-refractivity contribution < 1.29 is 32.3 Å². The number of hydrogen-bond acceptors (Lipinski definition) is 4. The lowest BCUT2D eigenvalue weighted by Crippen LogP contribution is -2.47. The van der Waals surface area contributed by atoms with Gasteiger partial charge in [0.05, 0.1) is 0 Å². The van der Waals surface area contributed by atoms with E-state index >= 15 is 0 Å². The minimum atomic E-state index is -4.88. The van der Waals surface area contributed by atoms with Crippen molar-refractivity contribution in [2.75, 3.05) is 26.3 Å². The summed E-state index contributed by atoms with van der Waals surface area (Å²) in [6.45, 7) is 0.163. The van der Waals surface area contributed by atoms with E-state index in [1.54, 1.807) is 12.1 Å². The van der Waals surface area contributed by atoms with Crippen LogP contribution in [0.25, 0.3) is 0 Å². The Labute approximate surface area is 142 Å². The molecule has 138 valence electrons. The number of halogens is 3. The average Bonchev–Trinajstić information content (AvgIpc) is 2.61. The fraction of sp³-hybridized carbons (Fsp3) is 0.500. The van der Waals surface area contributed by atoms with Crippen molar-refractivity contribution in [2.45, 2.75) is 19.0 Å². The summed E-state index contributed by atoms with van der Waals surface area (Å²) in [6, 6.07) is 9.09. The number of likely N-dealkylation sites (tertiary alicyclic amines) is 1. The summed E-state index contributed by atoms with van der Waals surface area (Å²) in [5.74, 6) is -2.06. The molecule has 25 heavy (non-hydrogen) atoms. The molecule has 1 aromatic carbocycles. The van der Waals surface area contributed by atoms with Crippen molar-refractivity contribution in [2.24, 2.45) is 5.92 Å². The molecule has 2 rings (SSSR count). The minimum absolute atomic E-state index is 0.104. The molecule has 1 aromatic rings. The Balaban J connectivity index is 1.61. The second-order valence-electron chi connectivity index (χ2n) is 5.54. The molecule has 2 amide bonds. The van der Waals surface area contributed by atoms with E-state index in [2.05, 4.69) is 5.48 Å². The molecule has 0 unspecified atom stereocenters. The fourth-order valence-electron chi connectivity index (χ4n) is 2.45. The highest BCUT2D eigenvalue weighted by molar-refractivity contribution is 5.82. The molecule has 1 saturated heterocycles. The topological polar surface area (TPSA) is 67.9 Å². The van der Waals surface area contributed by atoms with Crippen molar-refractivity contribution in [3.05, 3.63) is 30.3 Å². The third-order valence-corrected chi connectivity index (χ3v) is 3.77. The van der Waals surface area contributed by atoms with E-state index in [0.29, 0.717) is 5.75 Å². The lowest BCUT2D eigenvalue weighted by atomic mass is 9.96. The van der Waals surface area contributed by atoms with Gasteiger partial charge >= 0.3 is 12.1 Å². The Morgan fingerprint density at radius 1 is 1.12 bits per heavy atom. The first-order valence-corrected chi connectivity index (χ1v) is 7.83. The van der Waals surface area contributed by atoms with Gasteiger partial charge in [-0.1, -0.05) is 18.2 Å². The number of alkyl halides is 3. The maximum atomic E-state index is 12.3. The maximum Gasteiger partial charge on any atom is 0.471 e. The number of piperidine rings is 1. The van der Waals surface area contributed by atoms with Crippen molar-refractivity contribution in [1.29, 1.82) is 0 Å². The number of hydrogen-bond donors (Lipinski definition) is 1. The second-order valence-corrected chi connectivity index (χ2v) is 5.54. The molecule has 1 fully saturated rings. The van der Waals surface area contributed by atoms with Gasteiger partial charge in [0.25, 0.3) is 0 Å². The number of hydroxylamine groups is 1. The first-order chi connectivity index (χ1) is 11.9. The highest BCUT2D eigenvalue weighted by atomic mass is 19.4. The third-order valence-electron chi connectivity index (χ3n) is 3.77. The first kappa shape index (κ1) is 19.0. The molecule has 0 radical (unpaired) electrons. The van der Waals surface area contributed by atoms with E-state index in [-0.39, 0.29) is 39.1 Å². The molecule has 6 nitrogen and oxygen atoms in total. The van der Waals surface area contributed by atoms with Gasteiger partial charge in [0.1, 0.15) is 19.0 Å². The highest BCUT2D eigenvalue weighted by Gasteiger charge is 2.43. The molecule has 1 N–H and O–H groups in total. The van der Waals surface area contributed by atoms with Crippen molar-refractivity contribution in [1.82, 2.24) is 10.4 Å². The van der Waals surface area contributed by atoms with E-state index in [1.165, 1.54) is 0 Å². The lowest BCUT2D eigenvalue weighted by molar-refractivity contribution is -0.187. The predicted molar refractivity (Wildman–Crippen MR) is 81.4 cm³/mol. The summed E-state index contributed by atoms with van der Waals surface area (Å²) in [4.78, 5) is 28.8. The van der Waals surface area contributed by atoms with Crippen LogP contribution in [0.5, 0.6) is 5.75 Å². The average molecular weight is 360 g/mol. The molecular formula is C16H19F3N2O4. The van der Waals surface area contributed by atoms with Crippen molar-refractivity contribution >= 4 is 11.8 Å². The van der Waals surface area contributed by atoms with Gasteiger partial charge in [-0.25, -0.2) is 5.48 Å².